The quantitative estimate of drug-likeness (QED) is 0.596. The lowest BCUT2D eigenvalue weighted by Crippen LogP contribution is -2.22. The number of ether oxygens (including phenoxy) is 1. The summed E-state index contributed by atoms with van der Waals surface area (Å²) in [5.74, 6) is -2.01. The second-order valence-corrected chi connectivity index (χ2v) is 6.10. The SMILES string of the molecule is COc1cc2c(C(=O)O)c(-c3ccc(F)cc3)oc2cc1C1NC(=O)NC1=O. The van der Waals surface area contributed by atoms with Gasteiger partial charge in [0.25, 0.3) is 5.91 Å². The first-order valence-corrected chi connectivity index (χ1v) is 8.14. The number of carboxylic acids is 1. The fraction of sp³-hybridized carbons (Fsp3) is 0.105. The van der Waals surface area contributed by atoms with Crippen LogP contribution in [0, 0.1) is 5.82 Å². The van der Waals surface area contributed by atoms with Crippen molar-refractivity contribution in [3.63, 3.8) is 0 Å². The molecular formula is C19H13FN2O6. The smallest absolute Gasteiger partial charge is 0.340 e. The second kappa shape index (κ2) is 6.38. The molecule has 3 amide bonds. The molecule has 28 heavy (non-hydrogen) atoms. The van der Waals surface area contributed by atoms with Crippen LogP contribution in [0.2, 0.25) is 0 Å². The number of fused-ring (bicyclic) bond motifs is 1. The average Bonchev–Trinajstić information content (AvgIpc) is 3.20. The van der Waals surface area contributed by atoms with Crippen LogP contribution in [0.1, 0.15) is 22.0 Å². The molecule has 2 aromatic carbocycles. The van der Waals surface area contributed by atoms with Crippen LogP contribution < -0.4 is 15.4 Å². The zero-order chi connectivity index (χ0) is 20.0. The van der Waals surface area contributed by atoms with Gasteiger partial charge in [-0.2, -0.15) is 0 Å². The lowest BCUT2D eigenvalue weighted by atomic mass is 10.0. The molecule has 0 spiro atoms. The highest BCUT2D eigenvalue weighted by Gasteiger charge is 2.34. The molecule has 1 fully saturated rings. The molecule has 1 saturated heterocycles. The minimum atomic E-state index is -1.24. The Morgan fingerprint density at radius 1 is 1.21 bits per heavy atom. The summed E-state index contributed by atoms with van der Waals surface area (Å²) in [6.07, 6.45) is 0. The van der Waals surface area contributed by atoms with Crippen LogP contribution in [0.4, 0.5) is 9.18 Å². The van der Waals surface area contributed by atoms with E-state index in [1.54, 1.807) is 0 Å². The van der Waals surface area contributed by atoms with Gasteiger partial charge < -0.3 is 19.6 Å². The number of imide groups is 1. The van der Waals surface area contributed by atoms with E-state index in [4.69, 9.17) is 9.15 Å². The highest BCUT2D eigenvalue weighted by atomic mass is 19.1. The molecular weight excluding hydrogens is 371 g/mol. The predicted octanol–water partition coefficient (Wildman–Crippen LogP) is 2.83. The maximum atomic E-state index is 13.2. The molecule has 1 unspecified atom stereocenters. The lowest BCUT2D eigenvalue weighted by molar-refractivity contribution is -0.120. The summed E-state index contributed by atoms with van der Waals surface area (Å²) in [6, 6.07) is 6.43. The molecule has 1 atom stereocenters. The first kappa shape index (κ1) is 17.5. The molecule has 4 rings (SSSR count). The largest absolute Gasteiger partial charge is 0.496 e. The zero-order valence-corrected chi connectivity index (χ0v) is 14.4. The number of benzene rings is 2. The average molecular weight is 384 g/mol. The molecule has 0 bridgehead atoms. The van der Waals surface area contributed by atoms with Gasteiger partial charge in [0, 0.05) is 16.5 Å². The van der Waals surface area contributed by atoms with Gasteiger partial charge in [-0.3, -0.25) is 10.1 Å². The molecule has 0 radical (unpaired) electrons. The normalized spacial score (nSPS) is 16.1. The molecule has 3 N–H and O–H groups in total. The molecule has 9 heteroatoms. The Labute approximate surface area is 156 Å². The first-order chi connectivity index (χ1) is 13.4. The van der Waals surface area contributed by atoms with E-state index >= 15 is 0 Å². The summed E-state index contributed by atoms with van der Waals surface area (Å²) in [7, 11) is 1.36. The van der Waals surface area contributed by atoms with Crippen molar-refractivity contribution in [1.82, 2.24) is 10.6 Å². The number of rotatable bonds is 4. The van der Waals surface area contributed by atoms with Gasteiger partial charge in [-0.1, -0.05) is 0 Å². The maximum absolute atomic E-state index is 13.2. The fourth-order valence-electron chi connectivity index (χ4n) is 3.19. The van der Waals surface area contributed by atoms with Crippen LogP contribution >= 0.6 is 0 Å². The van der Waals surface area contributed by atoms with Gasteiger partial charge in [0.15, 0.2) is 0 Å². The third-order valence-corrected chi connectivity index (χ3v) is 4.45. The Hall–Kier alpha value is -3.88. The topological polar surface area (TPSA) is 118 Å². The number of carbonyl (C=O) groups is 3. The standard InChI is InChI=1S/C19H13FN2O6/c1-27-12-6-10-13(7-11(12)15-17(23)22-19(26)21-15)28-16(14(10)18(24)25)8-2-4-9(20)5-3-8/h2-7,15H,1H3,(H,24,25)(H2,21,22,23,26). The van der Waals surface area contributed by atoms with Crippen LogP contribution in [0.5, 0.6) is 5.75 Å². The molecule has 142 valence electrons. The first-order valence-electron chi connectivity index (χ1n) is 8.14. The number of methoxy groups -OCH3 is 1. The lowest BCUT2D eigenvalue weighted by Gasteiger charge is -2.12. The van der Waals surface area contributed by atoms with E-state index in [2.05, 4.69) is 10.6 Å². The molecule has 1 aliphatic heterocycles. The van der Waals surface area contributed by atoms with E-state index in [9.17, 15) is 23.9 Å². The van der Waals surface area contributed by atoms with Crippen LogP contribution in [0.25, 0.3) is 22.3 Å². The number of hydrogen-bond acceptors (Lipinski definition) is 5. The van der Waals surface area contributed by atoms with Crippen molar-refractivity contribution in [1.29, 1.82) is 0 Å². The number of carboxylic acid groups (broad SMARTS) is 1. The van der Waals surface area contributed by atoms with Crippen molar-refractivity contribution in [2.24, 2.45) is 0 Å². The summed E-state index contributed by atoms with van der Waals surface area (Å²) in [5.41, 5.74) is 0.755. The maximum Gasteiger partial charge on any atom is 0.340 e. The van der Waals surface area contributed by atoms with E-state index in [1.807, 2.05) is 0 Å². The van der Waals surface area contributed by atoms with E-state index in [0.717, 1.165) is 0 Å². The van der Waals surface area contributed by atoms with Crippen molar-refractivity contribution < 1.29 is 33.0 Å². The minimum absolute atomic E-state index is 0.0432. The van der Waals surface area contributed by atoms with Crippen LogP contribution in [-0.2, 0) is 4.79 Å². The molecule has 0 aliphatic carbocycles. The number of hydrogen-bond donors (Lipinski definition) is 3. The number of amides is 3. The molecule has 0 saturated carbocycles. The van der Waals surface area contributed by atoms with Gasteiger partial charge in [-0.25, -0.2) is 14.0 Å². The van der Waals surface area contributed by atoms with E-state index in [-0.39, 0.29) is 28.0 Å². The molecule has 8 nitrogen and oxygen atoms in total. The summed E-state index contributed by atoms with van der Waals surface area (Å²) in [6.45, 7) is 0. The van der Waals surface area contributed by atoms with Gasteiger partial charge >= 0.3 is 12.0 Å². The van der Waals surface area contributed by atoms with Crippen molar-refractivity contribution in [3.8, 4) is 17.1 Å². The highest BCUT2D eigenvalue weighted by molar-refractivity contribution is 6.09. The monoisotopic (exact) mass is 384 g/mol. The Balaban J connectivity index is 1.95. The molecule has 3 aromatic rings. The predicted molar refractivity (Wildman–Crippen MR) is 94.5 cm³/mol. The number of urea groups is 1. The minimum Gasteiger partial charge on any atom is -0.496 e. The highest BCUT2D eigenvalue weighted by Crippen LogP contribution is 2.39. The summed E-state index contributed by atoms with van der Waals surface area (Å²) < 4.78 is 24.3. The third-order valence-electron chi connectivity index (χ3n) is 4.45. The number of nitrogens with one attached hydrogen (secondary N) is 2. The second-order valence-electron chi connectivity index (χ2n) is 6.10. The van der Waals surface area contributed by atoms with Gasteiger partial charge in [0.2, 0.25) is 0 Å². The third kappa shape index (κ3) is 2.73. The Morgan fingerprint density at radius 2 is 1.93 bits per heavy atom. The van der Waals surface area contributed by atoms with Crippen molar-refractivity contribution in [2.75, 3.05) is 7.11 Å². The molecule has 1 aromatic heterocycles. The van der Waals surface area contributed by atoms with Crippen LogP contribution in [-0.4, -0.2) is 30.1 Å². The fourth-order valence-corrected chi connectivity index (χ4v) is 3.19. The van der Waals surface area contributed by atoms with E-state index < -0.39 is 29.8 Å². The number of carbonyl (C=O) groups excluding carboxylic acids is 2. The van der Waals surface area contributed by atoms with Crippen LogP contribution in [0.3, 0.4) is 0 Å². The Morgan fingerprint density at radius 3 is 2.50 bits per heavy atom. The summed E-state index contributed by atoms with van der Waals surface area (Å²) >= 11 is 0. The molecule has 2 heterocycles. The summed E-state index contributed by atoms with van der Waals surface area (Å²) in [4.78, 5) is 35.3. The van der Waals surface area contributed by atoms with E-state index in [1.165, 1.54) is 43.5 Å². The molecule has 1 aliphatic rings. The Bertz CT molecular complexity index is 1140. The van der Waals surface area contributed by atoms with Crippen molar-refractivity contribution >= 4 is 28.9 Å². The van der Waals surface area contributed by atoms with Gasteiger partial charge in [0.05, 0.1) is 7.11 Å². The van der Waals surface area contributed by atoms with Crippen molar-refractivity contribution in [2.45, 2.75) is 6.04 Å². The number of aromatic carboxylic acids is 1. The Kier molecular flexibility index (Phi) is 3.99. The summed E-state index contributed by atoms with van der Waals surface area (Å²) in [5, 5.41) is 14.5. The number of halogens is 1. The van der Waals surface area contributed by atoms with Crippen LogP contribution in [0.15, 0.2) is 40.8 Å². The van der Waals surface area contributed by atoms with Gasteiger partial charge in [-0.15, -0.1) is 0 Å². The zero-order valence-electron chi connectivity index (χ0n) is 14.4. The van der Waals surface area contributed by atoms with Crippen molar-refractivity contribution in [3.05, 3.63) is 53.3 Å². The number of furan rings is 1. The van der Waals surface area contributed by atoms with Gasteiger partial charge in [0.1, 0.15) is 34.5 Å². The van der Waals surface area contributed by atoms with E-state index in [0.29, 0.717) is 11.1 Å². The van der Waals surface area contributed by atoms with Gasteiger partial charge in [-0.05, 0) is 36.4 Å².